The first-order chi connectivity index (χ1) is 21.6. The molecule has 0 spiro atoms. The maximum absolute atomic E-state index is 13.7. The highest BCUT2D eigenvalue weighted by atomic mass is 28.3. The van der Waals surface area contributed by atoms with Crippen molar-refractivity contribution in [2.24, 2.45) is 11.8 Å². The van der Waals surface area contributed by atoms with E-state index < -0.39 is 25.7 Å². The third kappa shape index (κ3) is 17.2. The zero-order valence-electron chi connectivity index (χ0n) is 29.2. The van der Waals surface area contributed by atoms with Gasteiger partial charge in [0.05, 0.1) is 12.5 Å². The summed E-state index contributed by atoms with van der Waals surface area (Å²) >= 11 is 0. The van der Waals surface area contributed by atoms with Crippen molar-refractivity contribution in [2.45, 2.75) is 104 Å². The van der Waals surface area contributed by atoms with Gasteiger partial charge in [0.1, 0.15) is 5.60 Å². The monoisotopic (exact) mass is 648 g/mol. The predicted octanol–water partition coefficient (Wildman–Crippen LogP) is 8.51. The van der Waals surface area contributed by atoms with E-state index in [1.807, 2.05) is 120 Å². The number of carbonyl (C=O) groups excluding carboxylic acids is 3. The van der Waals surface area contributed by atoms with Crippen LogP contribution in [0.4, 0.5) is 4.79 Å². The molecule has 252 valence electrons. The number of carbonyl (C=O) groups is 3. The van der Waals surface area contributed by atoms with Crippen molar-refractivity contribution in [3.63, 3.8) is 0 Å². The fourth-order valence-corrected chi connectivity index (χ4v) is 5.59. The van der Waals surface area contributed by atoms with Crippen LogP contribution in [0.25, 0.3) is 12.2 Å². The van der Waals surface area contributed by atoms with E-state index in [9.17, 15) is 14.4 Å². The van der Waals surface area contributed by atoms with Crippen LogP contribution in [0.5, 0.6) is 0 Å². The number of esters is 1. The highest BCUT2D eigenvalue weighted by molar-refractivity contribution is 6.76. The molecule has 8 heteroatoms. The van der Waals surface area contributed by atoms with Gasteiger partial charge in [-0.25, -0.2) is 4.79 Å². The van der Waals surface area contributed by atoms with Crippen LogP contribution in [-0.4, -0.2) is 50.3 Å². The lowest BCUT2D eigenvalue weighted by Crippen LogP contribution is -2.43. The molecule has 46 heavy (non-hydrogen) atoms. The van der Waals surface area contributed by atoms with Crippen molar-refractivity contribution < 1.29 is 23.9 Å². The molecule has 0 saturated heterocycles. The van der Waals surface area contributed by atoms with Crippen LogP contribution in [0, 0.1) is 11.8 Å². The quantitative estimate of drug-likeness (QED) is 0.133. The second-order valence-electron chi connectivity index (χ2n) is 14.4. The Morgan fingerprint density at radius 3 is 1.74 bits per heavy atom. The van der Waals surface area contributed by atoms with Gasteiger partial charge in [-0.15, -0.1) is 0 Å². The summed E-state index contributed by atoms with van der Waals surface area (Å²) in [6.07, 6.45) is 9.41. The van der Waals surface area contributed by atoms with E-state index in [2.05, 4.69) is 30.3 Å². The number of ether oxygens (including phenoxy) is 2. The van der Waals surface area contributed by atoms with Crippen LogP contribution in [0.3, 0.4) is 0 Å². The summed E-state index contributed by atoms with van der Waals surface area (Å²) in [5, 5.41) is 6.02. The molecule has 2 amide bonds. The van der Waals surface area contributed by atoms with Crippen molar-refractivity contribution in [1.29, 1.82) is 0 Å². The lowest BCUT2D eigenvalue weighted by Gasteiger charge is -2.26. The third-order valence-corrected chi connectivity index (χ3v) is 8.99. The highest BCUT2D eigenvalue weighted by Gasteiger charge is 2.27. The van der Waals surface area contributed by atoms with Crippen molar-refractivity contribution in [1.82, 2.24) is 10.6 Å². The van der Waals surface area contributed by atoms with Gasteiger partial charge in [0.25, 0.3) is 0 Å². The van der Waals surface area contributed by atoms with Gasteiger partial charge < -0.3 is 20.1 Å². The number of alkyl carbamates (subject to hydrolysis) is 1. The number of nitrogens with one attached hydrogen (secondary N) is 2. The van der Waals surface area contributed by atoms with E-state index in [0.717, 1.165) is 17.2 Å². The number of benzene rings is 2. The maximum atomic E-state index is 13.7. The standard InChI is InChI=1S/C38H56N2O5Si/c1-29(28-34(36(42)44-25-26-46(6,7)8)24-16-22-32-19-13-10-14-20-32)39-35(41)33(23-15-21-31-17-11-9-12-18-31)27-30(2)40-37(43)45-38(3,4)5/h9-22,29-30,33-34H,23-28H2,1-8H3,(H,39,41)(H,40,43)/b21-15+,22-16+/t29-,30-,33+,34+/m0/s1. The van der Waals surface area contributed by atoms with E-state index in [4.69, 9.17) is 9.47 Å². The first-order valence-electron chi connectivity index (χ1n) is 16.5. The van der Waals surface area contributed by atoms with Crippen LogP contribution >= 0.6 is 0 Å². The lowest BCUT2D eigenvalue weighted by molar-refractivity contribution is -0.148. The van der Waals surface area contributed by atoms with Crippen LogP contribution in [0.15, 0.2) is 72.8 Å². The summed E-state index contributed by atoms with van der Waals surface area (Å²) in [5.41, 5.74) is 1.50. The van der Waals surface area contributed by atoms with Gasteiger partial charge in [-0.05, 0) is 77.5 Å². The number of amides is 2. The third-order valence-electron chi connectivity index (χ3n) is 7.29. The topological polar surface area (TPSA) is 93.7 Å². The zero-order valence-corrected chi connectivity index (χ0v) is 30.2. The van der Waals surface area contributed by atoms with E-state index in [0.29, 0.717) is 32.3 Å². The van der Waals surface area contributed by atoms with Gasteiger partial charge in [0.2, 0.25) is 5.91 Å². The number of hydrogen-bond acceptors (Lipinski definition) is 5. The first-order valence-corrected chi connectivity index (χ1v) is 20.2. The fourth-order valence-electron chi connectivity index (χ4n) is 4.88. The second-order valence-corrected chi connectivity index (χ2v) is 20.0. The molecule has 0 radical (unpaired) electrons. The van der Waals surface area contributed by atoms with E-state index >= 15 is 0 Å². The summed E-state index contributed by atoms with van der Waals surface area (Å²) in [6.45, 7) is 16.4. The molecule has 2 aromatic rings. The molecule has 0 aliphatic heterocycles. The van der Waals surface area contributed by atoms with Crippen LogP contribution in [0.2, 0.25) is 25.7 Å². The summed E-state index contributed by atoms with van der Waals surface area (Å²) in [5.74, 6) is -1.13. The molecule has 4 atom stereocenters. The molecule has 2 N–H and O–H groups in total. The average Bonchev–Trinajstić information content (AvgIpc) is 2.95. The smallest absolute Gasteiger partial charge is 0.407 e. The number of rotatable bonds is 17. The summed E-state index contributed by atoms with van der Waals surface area (Å²) in [6, 6.07) is 20.3. The fraction of sp³-hybridized carbons (Fsp3) is 0.500. The molecule has 0 heterocycles. The molecule has 2 aromatic carbocycles. The molecular weight excluding hydrogens is 593 g/mol. The Labute approximate surface area is 278 Å². The maximum Gasteiger partial charge on any atom is 0.407 e. The Bertz CT molecular complexity index is 1270. The molecule has 0 fully saturated rings. The predicted molar refractivity (Wildman–Crippen MR) is 192 cm³/mol. The number of hydrogen-bond donors (Lipinski definition) is 2. The Morgan fingerprint density at radius 2 is 1.24 bits per heavy atom. The molecule has 0 saturated carbocycles. The SMILES string of the molecule is C[C@@H](C[C@@H](C/C=C/c1ccccc1)C(=O)N[C@@H](C)C[C@@H](C/C=C/c1ccccc1)C(=O)OCC[Si](C)(C)C)NC(=O)OC(C)(C)C. The van der Waals surface area contributed by atoms with E-state index in [1.165, 1.54) is 0 Å². The Kier molecular flexibility index (Phi) is 16.0. The van der Waals surface area contributed by atoms with Crippen molar-refractivity contribution in [3.05, 3.63) is 83.9 Å². The largest absolute Gasteiger partial charge is 0.466 e. The summed E-state index contributed by atoms with van der Waals surface area (Å²) < 4.78 is 11.2. The van der Waals surface area contributed by atoms with Gasteiger partial charge in [-0.2, -0.15) is 0 Å². The summed E-state index contributed by atoms with van der Waals surface area (Å²) in [4.78, 5) is 39.3. The molecule has 7 nitrogen and oxygen atoms in total. The molecule has 2 rings (SSSR count). The Balaban J connectivity index is 2.12. The van der Waals surface area contributed by atoms with Crippen LogP contribution in [0.1, 0.15) is 71.4 Å². The average molecular weight is 649 g/mol. The lowest BCUT2D eigenvalue weighted by atomic mass is 9.93. The second kappa shape index (κ2) is 19.1. The minimum absolute atomic E-state index is 0.117. The molecule has 0 aliphatic rings. The van der Waals surface area contributed by atoms with Gasteiger partial charge in [0.15, 0.2) is 0 Å². The minimum Gasteiger partial charge on any atom is -0.466 e. The minimum atomic E-state index is -1.35. The van der Waals surface area contributed by atoms with Crippen LogP contribution < -0.4 is 10.6 Å². The van der Waals surface area contributed by atoms with Crippen LogP contribution in [-0.2, 0) is 19.1 Å². The highest BCUT2D eigenvalue weighted by Crippen LogP contribution is 2.20. The van der Waals surface area contributed by atoms with Gasteiger partial charge in [-0.1, -0.05) is 105 Å². The molecule has 0 aromatic heterocycles. The molecular formula is C38H56N2O5Si. The number of allylic oxidation sites excluding steroid dienone is 2. The summed E-state index contributed by atoms with van der Waals surface area (Å²) in [7, 11) is -1.35. The van der Waals surface area contributed by atoms with Crippen molar-refractivity contribution in [3.8, 4) is 0 Å². The van der Waals surface area contributed by atoms with E-state index in [-0.39, 0.29) is 29.9 Å². The van der Waals surface area contributed by atoms with Crippen molar-refractivity contribution >= 4 is 38.2 Å². The molecule has 0 unspecified atom stereocenters. The molecule has 0 aliphatic carbocycles. The van der Waals surface area contributed by atoms with Gasteiger partial charge >= 0.3 is 12.1 Å². The zero-order chi connectivity index (χ0) is 34.2. The Hall–Kier alpha value is -3.65. The first kappa shape index (κ1) is 38.5. The van der Waals surface area contributed by atoms with Crippen molar-refractivity contribution in [2.75, 3.05) is 6.61 Å². The molecule has 0 bridgehead atoms. The Morgan fingerprint density at radius 1 is 0.761 bits per heavy atom. The van der Waals surface area contributed by atoms with Gasteiger partial charge in [0, 0.05) is 26.1 Å². The van der Waals surface area contributed by atoms with E-state index in [1.54, 1.807) is 0 Å². The van der Waals surface area contributed by atoms with Gasteiger partial charge in [-0.3, -0.25) is 9.59 Å². The normalized spacial score (nSPS) is 14.8.